The monoisotopic (exact) mass is 480 g/mol. The molecule has 4 rings (SSSR count). The third-order valence-electron chi connectivity index (χ3n) is 6.73. The lowest BCUT2D eigenvalue weighted by molar-refractivity contribution is -0.134. The zero-order chi connectivity index (χ0) is 24.8. The van der Waals surface area contributed by atoms with Gasteiger partial charge in [-0.2, -0.15) is 5.10 Å². The summed E-state index contributed by atoms with van der Waals surface area (Å²) in [6.07, 6.45) is 0.603. The van der Waals surface area contributed by atoms with Crippen LogP contribution in [0.5, 0.6) is 17.2 Å². The van der Waals surface area contributed by atoms with E-state index in [-0.39, 0.29) is 11.9 Å². The number of ether oxygens (including phenoxy) is 3. The number of benzene rings is 2. The van der Waals surface area contributed by atoms with Gasteiger partial charge in [0.2, 0.25) is 0 Å². The van der Waals surface area contributed by atoms with Crippen molar-refractivity contribution < 1.29 is 19.0 Å². The molecule has 2 aliphatic rings. The third kappa shape index (κ3) is 5.77. The SMILES string of the molecule is CCOc1ccc([C@@H]2CC(c3ccc(OC)cc3OC)=NN2C(=O)CN2CCN(CC)CC2)cc1. The van der Waals surface area contributed by atoms with E-state index in [4.69, 9.17) is 19.3 Å². The van der Waals surface area contributed by atoms with E-state index in [0.29, 0.717) is 31.1 Å². The van der Waals surface area contributed by atoms with Crippen molar-refractivity contribution in [3.63, 3.8) is 0 Å². The summed E-state index contributed by atoms with van der Waals surface area (Å²) in [5.41, 5.74) is 2.73. The number of piperazine rings is 1. The molecule has 0 unspecified atom stereocenters. The van der Waals surface area contributed by atoms with E-state index in [0.717, 1.165) is 55.3 Å². The van der Waals surface area contributed by atoms with E-state index < -0.39 is 0 Å². The first-order valence-electron chi connectivity index (χ1n) is 12.4. The number of rotatable bonds is 9. The molecule has 0 N–H and O–H groups in total. The van der Waals surface area contributed by atoms with Crippen LogP contribution >= 0.6 is 0 Å². The highest BCUT2D eigenvalue weighted by atomic mass is 16.5. The molecule has 2 aromatic rings. The summed E-state index contributed by atoms with van der Waals surface area (Å²) < 4.78 is 16.6. The minimum Gasteiger partial charge on any atom is -0.497 e. The minimum atomic E-state index is -0.183. The Hall–Kier alpha value is -3.10. The number of amides is 1. The molecule has 8 heteroatoms. The molecule has 0 bridgehead atoms. The summed E-state index contributed by atoms with van der Waals surface area (Å²) >= 11 is 0. The van der Waals surface area contributed by atoms with Crippen LogP contribution in [0.3, 0.4) is 0 Å². The molecule has 8 nitrogen and oxygen atoms in total. The molecule has 1 fully saturated rings. The summed E-state index contributed by atoms with van der Waals surface area (Å²) in [5, 5.41) is 6.51. The molecule has 0 aliphatic carbocycles. The van der Waals surface area contributed by atoms with Gasteiger partial charge in [-0.05, 0) is 43.3 Å². The zero-order valence-electron chi connectivity index (χ0n) is 21.2. The highest BCUT2D eigenvalue weighted by Crippen LogP contribution is 2.36. The third-order valence-corrected chi connectivity index (χ3v) is 6.73. The molecular formula is C27H36N4O4. The number of carbonyl (C=O) groups is 1. The average Bonchev–Trinajstić information content (AvgIpc) is 3.35. The van der Waals surface area contributed by atoms with Crippen LogP contribution in [0, 0.1) is 0 Å². The van der Waals surface area contributed by atoms with Crippen molar-refractivity contribution >= 4 is 11.6 Å². The van der Waals surface area contributed by atoms with E-state index in [2.05, 4.69) is 16.7 Å². The maximum absolute atomic E-state index is 13.5. The van der Waals surface area contributed by atoms with Crippen LogP contribution in [-0.2, 0) is 4.79 Å². The molecule has 0 saturated carbocycles. The number of hydrogen-bond donors (Lipinski definition) is 0. The first-order chi connectivity index (χ1) is 17.1. The molecule has 2 aromatic carbocycles. The predicted molar refractivity (Wildman–Crippen MR) is 136 cm³/mol. The van der Waals surface area contributed by atoms with Crippen LogP contribution in [0.4, 0.5) is 0 Å². The number of hydrazone groups is 1. The fraction of sp³-hybridized carbons (Fsp3) is 0.481. The highest BCUT2D eigenvalue weighted by Gasteiger charge is 2.35. The van der Waals surface area contributed by atoms with Crippen LogP contribution < -0.4 is 14.2 Å². The summed E-state index contributed by atoms with van der Waals surface area (Å²) in [6, 6.07) is 13.5. The number of carbonyl (C=O) groups excluding carboxylic acids is 1. The van der Waals surface area contributed by atoms with Gasteiger partial charge in [0.25, 0.3) is 5.91 Å². The molecule has 0 spiro atoms. The largest absolute Gasteiger partial charge is 0.497 e. The summed E-state index contributed by atoms with van der Waals surface area (Å²) in [4.78, 5) is 18.2. The van der Waals surface area contributed by atoms with Gasteiger partial charge >= 0.3 is 0 Å². The summed E-state index contributed by atoms with van der Waals surface area (Å²) in [6.45, 7) is 9.93. The van der Waals surface area contributed by atoms with Gasteiger partial charge in [-0.1, -0.05) is 19.1 Å². The van der Waals surface area contributed by atoms with Crippen LogP contribution in [0.1, 0.15) is 37.4 Å². The van der Waals surface area contributed by atoms with E-state index in [9.17, 15) is 4.79 Å². The van der Waals surface area contributed by atoms with Crippen molar-refractivity contribution in [1.29, 1.82) is 0 Å². The normalized spacial score (nSPS) is 18.9. The number of hydrogen-bond acceptors (Lipinski definition) is 7. The molecule has 2 aliphatic heterocycles. The van der Waals surface area contributed by atoms with E-state index >= 15 is 0 Å². The quantitative estimate of drug-likeness (QED) is 0.548. The Morgan fingerprint density at radius 1 is 0.943 bits per heavy atom. The molecule has 0 aromatic heterocycles. The Kier molecular flexibility index (Phi) is 8.25. The second kappa shape index (κ2) is 11.6. The van der Waals surface area contributed by atoms with Crippen LogP contribution in [0.25, 0.3) is 0 Å². The molecular weight excluding hydrogens is 444 g/mol. The number of methoxy groups -OCH3 is 2. The van der Waals surface area contributed by atoms with Gasteiger partial charge in [0.1, 0.15) is 17.2 Å². The van der Waals surface area contributed by atoms with Gasteiger partial charge in [0.05, 0.1) is 39.1 Å². The van der Waals surface area contributed by atoms with Gasteiger partial charge in [-0.15, -0.1) is 0 Å². The Balaban J connectivity index is 1.59. The second-order valence-corrected chi connectivity index (χ2v) is 8.78. The lowest BCUT2D eigenvalue weighted by atomic mass is 9.97. The Morgan fingerprint density at radius 3 is 2.26 bits per heavy atom. The van der Waals surface area contributed by atoms with Crippen molar-refractivity contribution in [1.82, 2.24) is 14.8 Å². The molecule has 35 heavy (non-hydrogen) atoms. The van der Waals surface area contributed by atoms with Gasteiger partial charge < -0.3 is 19.1 Å². The van der Waals surface area contributed by atoms with Crippen LogP contribution in [0.15, 0.2) is 47.6 Å². The highest BCUT2D eigenvalue weighted by molar-refractivity contribution is 6.05. The number of likely N-dealkylation sites (N-methyl/N-ethyl adjacent to an activating group) is 1. The van der Waals surface area contributed by atoms with Crippen molar-refractivity contribution in [3.8, 4) is 17.2 Å². The molecule has 188 valence electrons. The Labute approximate surface area is 208 Å². The first kappa shape index (κ1) is 25.0. The van der Waals surface area contributed by atoms with Crippen molar-refractivity contribution in [3.05, 3.63) is 53.6 Å². The fourth-order valence-electron chi connectivity index (χ4n) is 4.68. The van der Waals surface area contributed by atoms with E-state index in [1.54, 1.807) is 19.2 Å². The smallest absolute Gasteiger partial charge is 0.257 e. The zero-order valence-corrected chi connectivity index (χ0v) is 21.2. The lowest BCUT2D eigenvalue weighted by Crippen LogP contribution is -2.49. The Morgan fingerprint density at radius 2 is 1.63 bits per heavy atom. The average molecular weight is 481 g/mol. The minimum absolute atomic E-state index is 0.0105. The molecule has 1 atom stereocenters. The second-order valence-electron chi connectivity index (χ2n) is 8.78. The van der Waals surface area contributed by atoms with Gasteiger partial charge in [0.15, 0.2) is 0 Å². The van der Waals surface area contributed by atoms with Gasteiger partial charge in [0, 0.05) is 44.2 Å². The predicted octanol–water partition coefficient (Wildman–Crippen LogP) is 3.42. The van der Waals surface area contributed by atoms with Crippen molar-refractivity contribution in [2.75, 3.05) is 60.1 Å². The molecule has 1 amide bonds. The van der Waals surface area contributed by atoms with Crippen LogP contribution in [0.2, 0.25) is 0 Å². The standard InChI is InChI=1S/C27H36N4O4/c1-5-29-13-15-30(16-14-29)19-27(32)31-25(20-7-9-21(10-8-20)35-6-2)18-24(28-31)23-12-11-22(33-3)17-26(23)34-4/h7-12,17,25H,5-6,13-16,18-19H2,1-4H3/t25-/m0/s1. The van der Waals surface area contributed by atoms with Crippen molar-refractivity contribution in [2.45, 2.75) is 26.3 Å². The summed E-state index contributed by atoms with van der Waals surface area (Å²) in [5.74, 6) is 2.22. The Bertz CT molecular complexity index is 1030. The maximum Gasteiger partial charge on any atom is 0.257 e. The fourth-order valence-corrected chi connectivity index (χ4v) is 4.68. The first-order valence-corrected chi connectivity index (χ1v) is 12.4. The van der Waals surface area contributed by atoms with E-state index in [1.165, 1.54) is 0 Å². The topological polar surface area (TPSA) is 66.8 Å². The molecule has 2 heterocycles. The van der Waals surface area contributed by atoms with Gasteiger partial charge in [-0.25, -0.2) is 5.01 Å². The lowest BCUT2D eigenvalue weighted by Gasteiger charge is -2.34. The van der Waals surface area contributed by atoms with Crippen LogP contribution in [-0.4, -0.2) is 86.5 Å². The van der Waals surface area contributed by atoms with Gasteiger partial charge in [-0.3, -0.25) is 9.69 Å². The maximum atomic E-state index is 13.5. The van der Waals surface area contributed by atoms with Crippen molar-refractivity contribution in [2.24, 2.45) is 5.10 Å². The van der Waals surface area contributed by atoms with E-state index in [1.807, 2.05) is 49.4 Å². The number of nitrogens with zero attached hydrogens (tertiary/aromatic N) is 4. The molecule has 0 radical (unpaired) electrons. The molecule has 1 saturated heterocycles. The summed E-state index contributed by atoms with van der Waals surface area (Å²) in [7, 11) is 3.26.